The van der Waals surface area contributed by atoms with Gasteiger partial charge in [-0.25, -0.2) is 0 Å². The summed E-state index contributed by atoms with van der Waals surface area (Å²) in [7, 11) is 5.58. The highest BCUT2D eigenvalue weighted by Gasteiger charge is 2.36. The van der Waals surface area contributed by atoms with E-state index in [-0.39, 0.29) is 0 Å². The number of carbonyl (C=O) groups is 1. The third-order valence-corrected chi connectivity index (χ3v) is 7.11. The van der Waals surface area contributed by atoms with E-state index in [1.165, 1.54) is 43.2 Å². The molecule has 158 valence electrons. The number of carboxylic acids is 1. The minimum absolute atomic E-state index is 0.378. The molecule has 3 N–H and O–H groups in total. The summed E-state index contributed by atoms with van der Waals surface area (Å²) in [6.45, 7) is 2.12. The molecule has 1 saturated carbocycles. The number of carboxylic acid groups (broad SMARTS) is 1. The molecule has 1 aromatic rings. The van der Waals surface area contributed by atoms with E-state index in [1.807, 2.05) is 0 Å². The molecule has 2 unspecified atom stereocenters. The summed E-state index contributed by atoms with van der Waals surface area (Å²) in [5.41, 5.74) is 8.07. The average molecular weight is 396 g/mol. The number of hydrogen-bond acceptors (Lipinski definition) is 3. The van der Waals surface area contributed by atoms with Crippen LogP contribution in [0.15, 0.2) is 24.3 Å². The molecule has 3 rings (SSSR count). The lowest BCUT2D eigenvalue weighted by Gasteiger charge is -2.41. The zero-order valence-electron chi connectivity index (χ0n) is 17.8. The maximum atomic E-state index is 11.9. The van der Waals surface area contributed by atoms with E-state index >= 15 is 0 Å². The van der Waals surface area contributed by atoms with Crippen LogP contribution >= 0.6 is 0 Å². The minimum atomic E-state index is -1.14. The van der Waals surface area contributed by atoms with Crippen molar-refractivity contribution in [1.82, 2.24) is 4.90 Å². The molecule has 0 bridgehead atoms. The van der Waals surface area contributed by atoms with Gasteiger partial charge in [-0.05, 0) is 55.6 Å². The molecule has 4 nitrogen and oxygen atoms in total. The molecule has 0 amide bonds. The molecule has 1 fully saturated rings. The highest BCUT2D eigenvalue weighted by atomic mass is 16.4. The van der Waals surface area contributed by atoms with E-state index in [0.717, 1.165) is 44.7 Å². The number of unbranched alkanes of at least 4 members (excludes halogenated alkanes) is 1. The largest absolute Gasteiger partial charge is 0.480 e. The molecular weight excluding hydrogens is 359 g/mol. The number of nitrogens with two attached hydrogens (primary N) is 1. The summed E-state index contributed by atoms with van der Waals surface area (Å²) in [6.07, 6.45) is 11.8. The Morgan fingerprint density at radius 2 is 1.86 bits per heavy atom. The fourth-order valence-electron chi connectivity index (χ4n) is 5.19. The van der Waals surface area contributed by atoms with Gasteiger partial charge >= 0.3 is 5.97 Å². The van der Waals surface area contributed by atoms with Crippen molar-refractivity contribution in [3.8, 4) is 0 Å². The topological polar surface area (TPSA) is 66.6 Å². The predicted molar refractivity (Wildman–Crippen MR) is 119 cm³/mol. The van der Waals surface area contributed by atoms with Gasteiger partial charge in [-0.3, -0.25) is 9.69 Å². The Bertz CT molecular complexity index is 662. The van der Waals surface area contributed by atoms with Crippen molar-refractivity contribution in [2.24, 2.45) is 11.7 Å². The smallest absolute Gasteiger partial charge is 0.323 e. The second kappa shape index (κ2) is 10.6. The molecule has 1 aliphatic carbocycles. The van der Waals surface area contributed by atoms with Crippen molar-refractivity contribution in [1.29, 1.82) is 0 Å². The number of nitrogens with zero attached hydrogens (tertiary/aromatic N) is 1. The van der Waals surface area contributed by atoms with Gasteiger partial charge in [0.25, 0.3) is 0 Å². The molecule has 0 saturated heterocycles. The van der Waals surface area contributed by atoms with Crippen LogP contribution in [0.5, 0.6) is 0 Å². The first kappa shape index (κ1) is 22.4. The summed E-state index contributed by atoms with van der Waals surface area (Å²) in [5.74, 6) is -0.0901. The number of fused-ring (bicyclic) bond motifs is 1. The Hall–Kier alpha value is -1.33. The third kappa shape index (κ3) is 6.08. The van der Waals surface area contributed by atoms with Crippen LogP contribution in [0.4, 0.5) is 0 Å². The minimum Gasteiger partial charge on any atom is -0.480 e. The second-order valence-corrected chi connectivity index (χ2v) is 9.31. The van der Waals surface area contributed by atoms with E-state index < -0.39 is 11.5 Å². The molecule has 2 atom stereocenters. The molecule has 1 aromatic carbocycles. The number of rotatable bonds is 10. The molecule has 2 aliphatic rings. The van der Waals surface area contributed by atoms with E-state index in [2.05, 4.69) is 29.2 Å². The van der Waals surface area contributed by atoms with Gasteiger partial charge in [-0.2, -0.15) is 0 Å². The molecular formula is C24H37BN2O2. The molecule has 0 aromatic heterocycles. The van der Waals surface area contributed by atoms with Crippen LogP contribution in [0, 0.1) is 5.92 Å². The van der Waals surface area contributed by atoms with Crippen LogP contribution in [0.3, 0.4) is 0 Å². The van der Waals surface area contributed by atoms with Gasteiger partial charge in [-0.1, -0.05) is 62.7 Å². The predicted octanol–water partition coefficient (Wildman–Crippen LogP) is 4.31. The van der Waals surface area contributed by atoms with Crippen molar-refractivity contribution in [2.45, 2.75) is 95.1 Å². The number of aliphatic carboxylic acids is 1. The quantitative estimate of drug-likeness (QED) is 0.457. The summed E-state index contributed by atoms with van der Waals surface area (Å²) >= 11 is 0. The molecule has 1 heterocycles. The maximum Gasteiger partial charge on any atom is 0.323 e. The third-order valence-electron chi connectivity index (χ3n) is 7.11. The van der Waals surface area contributed by atoms with Gasteiger partial charge in [-0.15, -0.1) is 0 Å². The Balaban J connectivity index is 1.68. The molecule has 1 aliphatic heterocycles. The van der Waals surface area contributed by atoms with Gasteiger partial charge in [0.15, 0.2) is 0 Å². The normalized spacial score (nSPS) is 22.7. The van der Waals surface area contributed by atoms with Crippen LogP contribution in [0.2, 0.25) is 6.32 Å². The van der Waals surface area contributed by atoms with E-state index in [9.17, 15) is 9.90 Å². The summed E-state index contributed by atoms with van der Waals surface area (Å²) in [5, 5.41) is 9.78. The molecule has 29 heavy (non-hydrogen) atoms. The van der Waals surface area contributed by atoms with E-state index in [4.69, 9.17) is 13.6 Å². The lowest BCUT2D eigenvalue weighted by molar-refractivity contribution is -0.144. The first-order chi connectivity index (χ1) is 14.0. The fraction of sp³-hybridized carbons (Fsp3) is 0.708. The maximum absolute atomic E-state index is 11.9. The first-order valence-electron chi connectivity index (χ1n) is 11.5. The van der Waals surface area contributed by atoms with Crippen LogP contribution in [-0.2, 0) is 17.8 Å². The van der Waals surface area contributed by atoms with Crippen molar-refractivity contribution in [3.05, 3.63) is 35.4 Å². The number of benzene rings is 1. The van der Waals surface area contributed by atoms with E-state index in [1.54, 1.807) is 0 Å². The SMILES string of the molecule is [B]CCCCC(N)(CCC1Cc2ccccc2CN1CC1CCCCC1)C(=O)O. The molecule has 5 heteroatoms. The highest BCUT2D eigenvalue weighted by molar-refractivity contribution is 6.08. The van der Waals surface area contributed by atoms with E-state index in [0.29, 0.717) is 25.2 Å². The average Bonchev–Trinajstić information content (AvgIpc) is 2.73. The number of hydrogen-bond donors (Lipinski definition) is 2. The van der Waals surface area contributed by atoms with Crippen molar-refractivity contribution < 1.29 is 9.90 Å². The van der Waals surface area contributed by atoms with Crippen LogP contribution in [0.1, 0.15) is 75.3 Å². The highest BCUT2D eigenvalue weighted by Crippen LogP contribution is 2.32. The summed E-state index contributed by atoms with van der Waals surface area (Å²) < 4.78 is 0. The monoisotopic (exact) mass is 396 g/mol. The van der Waals surface area contributed by atoms with Gasteiger partial charge < -0.3 is 10.8 Å². The van der Waals surface area contributed by atoms with Crippen LogP contribution in [-0.4, -0.2) is 41.9 Å². The zero-order chi connectivity index (χ0) is 20.7. The molecule has 2 radical (unpaired) electrons. The van der Waals surface area contributed by atoms with Gasteiger partial charge in [0.2, 0.25) is 0 Å². The van der Waals surface area contributed by atoms with Crippen LogP contribution < -0.4 is 5.73 Å². The Labute approximate surface area is 177 Å². The lowest BCUT2D eigenvalue weighted by atomic mass is 9.82. The second-order valence-electron chi connectivity index (χ2n) is 9.31. The Morgan fingerprint density at radius 1 is 1.14 bits per heavy atom. The Morgan fingerprint density at radius 3 is 2.55 bits per heavy atom. The standard InChI is InChI=1S/C24H37BN2O2/c25-15-7-6-13-24(26,23(28)29)14-12-22-16-20-10-4-5-11-21(20)18-27(22)17-19-8-2-1-3-9-19/h4-5,10-11,19,22H,1-3,6-9,12-18,26H2,(H,28,29). The molecule has 0 spiro atoms. The van der Waals surface area contributed by atoms with Gasteiger partial charge in [0, 0.05) is 19.1 Å². The van der Waals surface area contributed by atoms with Crippen molar-refractivity contribution in [3.63, 3.8) is 0 Å². The summed E-state index contributed by atoms with van der Waals surface area (Å²) in [6, 6.07) is 9.10. The fourth-order valence-corrected chi connectivity index (χ4v) is 5.19. The Kier molecular flexibility index (Phi) is 8.20. The lowest BCUT2D eigenvalue weighted by Crippen LogP contribution is -2.50. The van der Waals surface area contributed by atoms with Gasteiger partial charge in [0.1, 0.15) is 5.54 Å². The zero-order valence-corrected chi connectivity index (χ0v) is 17.8. The van der Waals surface area contributed by atoms with Crippen molar-refractivity contribution in [2.75, 3.05) is 6.54 Å². The first-order valence-corrected chi connectivity index (χ1v) is 11.5. The van der Waals surface area contributed by atoms with Gasteiger partial charge in [0.05, 0.1) is 7.85 Å². The van der Waals surface area contributed by atoms with Crippen LogP contribution in [0.25, 0.3) is 0 Å². The van der Waals surface area contributed by atoms with Crippen molar-refractivity contribution >= 4 is 13.8 Å². The summed E-state index contributed by atoms with van der Waals surface area (Å²) in [4.78, 5) is 14.5.